The first-order valence-electron chi connectivity index (χ1n) is 29.9. The Balaban J connectivity index is 4.68. The van der Waals surface area contributed by atoms with E-state index in [1.165, 1.54) is 148 Å². The van der Waals surface area contributed by atoms with E-state index in [1.54, 1.807) is 0 Å². The van der Waals surface area contributed by atoms with Crippen LogP contribution < -0.4 is 0 Å². The molecular formula is C60H111O11P. The topological polar surface area (TPSA) is 155 Å². The number of ether oxygens (including phenoxy) is 3. The van der Waals surface area contributed by atoms with E-state index < -0.39 is 57.8 Å². The molecule has 0 radical (unpaired) electrons. The number of hydrogen-bond acceptors (Lipinski definition) is 10. The highest BCUT2D eigenvalue weighted by atomic mass is 31.2. The fourth-order valence-electron chi connectivity index (χ4n) is 8.45. The molecular weight excluding hydrogens is 928 g/mol. The number of carbonyl (C=O) groups is 3. The van der Waals surface area contributed by atoms with Crippen LogP contribution in [0, 0.1) is 0 Å². The average Bonchev–Trinajstić information content (AvgIpc) is 3.37. The Morgan fingerprint density at radius 1 is 0.389 bits per heavy atom. The summed E-state index contributed by atoms with van der Waals surface area (Å²) in [5, 5.41) is 9.81. The molecule has 0 aliphatic rings. The quantitative estimate of drug-likeness (QED) is 0.0197. The number of phosphoric ester groups is 1. The van der Waals surface area contributed by atoms with E-state index in [0.29, 0.717) is 19.3 Å². The van der Waals surface area contributed by atoms with Gasteiger partial charge in [0.1, 0.15) is 12.7 Å². The fourth-order valence-corrected chi connectivity index (χ4v) is 9.23. The maximum Gasteiger partial charge on any atom is 0.472 e. The van der Waals surface area contributed by atoms with Crippen molar-refractivity contribution in [1.29, 1.82) is 0 Å². The largest absolute Gasteiger partial charge is 0.472 e. The van der Waals surface area contributed by atoms with Crippen LogP contribution in [0.1, 0.15) is 290 Å². The van der Waals surface area contributed by atoms with Crippen LogP contribution in [0.15, 0.2) is 36.5 Å². The number of hydrogen-bond donors (Lipinski definition) is 2. The third-order valence-corrected chi connectivity index (χ3v) is 14.0. The highest BCUT2D eigenvalue weighted by Crippen LogP contribution is 2.43. The van der Waals surface area contributed by atoms with Gasteiger partial charge in [0.15, 0.2) is 6.10 Å². The third kappa shape index (κ3) is 52.6. The van der Waals surface area contributed by atoms with Gasteiger partial charge in [-0.1, -0.05) is 237 Å². The SMILES string of the molecule is CCC/C=C\C/C=C\CCCCCCCC(=O)OCC(COP(=O)(O)OCC(CO)OC(=O)CCCCCCCCCCCCCCC)OC(=O)CCCCCCCCCCC/C=C\CCCCCCCC. The van der Waals surface area contributed by atoms with E-state index in [9.17, 15) is 28.9 Å². The van der Waals surface area contributed by atoms with Gasteiger partial charge in [-0.2, -0.15) is 0 Å². The van der Waals surface area contributed by atoms with Crippen molar-refractivity contribution in [2.75, 3.05) is 26.4 Å². The second kappa shape index (κ2) is 54.9. The second-order valence-corrected chi connectivity index (χ2v) is 21.6. The average molecular weight is 1040 g/mol. The van der Waals surface area contributed by atoms with Crippen molar-refractivity contribution < 1.29 is 52.2 Å². The van der Waals surface area contributed by atoms with E-state index >= 15 is 0 Å². The molecule has 0 saturated heterocycles. The summed E-state index contributed by atoms with van der Waals surface area (Å²) < 4.78 is 39.5. The Labute approximate surface area is 441 Å². The molecule has 72 heavy (non-hydrogen) atoms. The number of rotatable bonds is 56. The van der Waals surface area contributed by atoms with E-state index in [-0.39, 0.29) is 25.9 Å². The van der Waals surface area contributed by atoms with Crippen LogP contribution in [0.3, 0.4) is 0 Å². The number of esters is 3. The normalized spacial score (nSPS) is 13.6. The van der Waals surface area contributed by atoms with Gasteiger partial charge in [-0.15, -0.1) is 0 Å². The van der Waals surface area contributed by atoms with Crippen LogP contribution in [0.2, 0.25) is 0 Å². The molecule has 0 spiro atoms. The van der Waals surface area contributed by atoms with E-state index in [4.69, 9.17) is 23.3 Å². The molecule has 11 nitrogen and oxygen atoms in total. The summed E-state index contributed by atoms with van der Waals surface area (Å²) in [6.07, 6.45) is 56.7. The predicted molar refractivity (Wildman–Crippen MR) is 298 cm³/mol. The molecule has 0 amide bonds. The number of unbranched alkanes of at least 4 members (excludes halogenated alkanes) is 33. The molecule has 3 atom stereocenters. The molecule has 0 bridgehead atoms. The van der Waals surface area contributed by atoms with Crippen molar-refractivity contribution in [2.45, 2.75) is 303 Å². The zero-order valence-corrected chi connectivity index (χ0v) is 47.6. The highest BCUT2D eigenvalue weighted by Gasteiger charge is 2.28. The molecule has 0 saturated carbocycles. The molecule has 0 fully saturated rings. The van der Waals surface area contributed by atoms with Gasteiger partial charge in [0.05, 0.1) is 19.8 Å². The summed E-state index contributed by atoms with van der Waals surface area (Å²) in [5.41, 5.74) is 0. The monoisotopic (exact) mass is 1040 g/mol. The molecule has 3 unspecified atom stereocenters. The Kier molecular flexibility index (Phi) is 53.2. The zero-order valence-electron chi connectivity index (χ0n) is 46.7. The first-order valence-corrected chi connectivity index (χ1v) is 31.4. The van der Waals surface area contributed by atoms with Gasteiger partial charge in [-0.05, 0) is 70.6 Å². The van der Waals surface area contributed by atoms with Crippen LogP contribution in [0.25, 0.3) is 0 Å². The summed E-state index contributed by atoms with van der Waals surface area (Å²) in [6, 6.07) is 0. The van der Waals surface area contributed by atoms with E-state index in [1.807, 2.05) is 0 Å². The highest BCUT2D eigenvalue weighted by molar-refractivity contribution is 7.47. The van der Waals surface area contributed by atoms with Gasteiger partial charge in [0.25, 0.3) is 0 Å². The molecule has 0 heterocycles. The molecule has 0 aromatic heterocycles. The number of aliphatic hydroxyl groups is 1. The van der Waals surface area contributed by atoms with Crippen molar-refractivity contribution in [3.63, 3.8) is 0 Å². The summed E-state index contributed by atoms with van der Waals surface area (Å²) in [4.78, 5) is 48.5. The molecule has 0 aliphatic heterocycles. The van der Waals surface area contributed by atoms with Crippen LogP contribution in [0.4, 0.5) is 0 Å². The molecule has 0 aromatic carbocycles. The van der Waals surface area contributed by atoms with Crippen LogP contribution in [-0.4, -0.2) is 66.5 Å². The van der Waals surface area contributed by atoms with Gasteiger partial charge in [0.2, 0.25) is 0 Å². The fraction of sp³-hybridized carbons (Fsp3) is 0.850. The molecule has 0 aromatic rings. The van der Waals surface area contributed by atoms with Crippen LogP contribution in [0.5, 0.6) is 0 Å². The lowest BCUT2D eigenvalue weighted by Crippen LogP contribution is -2.30. The third-order valence-electron chi connectivity index (χ3n) is 13.0. The van der Waals surface area contributed by atoms with Crippen molar-refractivity contribution >= 4 is 25.7 Å². The summed E-state index contributed by atoms with van der Waals surface area (Å²) in [7, 11) is -4.74. The van der Waals surface area contributed by atoms with Crippen molar-refractivity contribution in [2.24, 2.45) is 0 Å². The summed E-state index contributed by atoms with van der Waals surface area (Å²) >= 11 is 0. The second-order valence-electron chi connectivity index (χ2n) is 20.2. The van der Waals surface area contributed by atoms with E-state index in [0.717, 1.165) is 83.5 Å². The van der Waals surface area contributed by atoms with Crippen LogP contribution >= 0.6 is 7.82 Å². The minimum absolute atomic E-state index is 0.165. The molecule has 2 N–H and O–H groups in total. The Bertz CT molecular complexity index is 1350. The molecule has 422 valence electrons. The summed E-state index contributed by atoms with van der Waals surface area (Å²) in [6.45, 7) is 4.60. The van der Waals surface area contributed by atoms with Gasteiger partial charge < -0.3 is 24.2 Å². The first-order chi connectivity index (χ1) is 35.2. The minimum Gasteiger partial charge on any atom is -0.462 e. The smallest absolute Gasteiger partial charge is 0.462 e. The van der Waals surface area contributed by atoms with Crippen molar-refractivity contribution in [3.8, 4) is 0 Å². The number of phosphoric acid groups is 1. The predicted octanol–water partition coefficient (Wildman–Crippen LogP) is 17.6. The van der Waals surface area contributed by atoms with Gasteiger partial charge in [-0.25, -0.2) is 4.57 Å². The Hall–Kier alpha value is -2.30. The standard InChI is InChI=1S/C60H111O11P/c1-4-7-10-13-16-19-22-25-26-27-28-29-30-33-36-39-42-45-48-51-60(64)71-57(53-67-58(62)49-46-43-40-37-34-31-23-20-17-14-11-8-5-2)55-69-72(65,66)68-54-56(52-61)70-59(63)50-47-44-41-38-35-32-24-21-18-15-12-9-6-3/h11,14,20,23,25-26,56-57,61H,4-10,12-13,15-19,21-22,24,27-55H2,1-3H3,(H,65,66)/b14-11-,23-20-,26-25-. The maximum absolute atomic E-state index is 12.9. The lowest BCUT2D eigenvalue weighted by atomic mass is 10.0. The number of carbonyl (C=O) groups excluding carboxylic acids is 3. The van der Waals surface area contributed by atoms with Gasteiger partial charge in [-0.3, -0.25) is 23.4 Å². The molecule has 0 aliphatic carbocycles. The lowest BCUT2D eigenvalue weighted by molar-refractivity contribution is -0.161. The lowest BCUT2D eigenvalue weighted by Gasteiger charge is -2.21. The zero-order chi connectivity index (χ0) is 52.7. The summed E-state index contributed by atoms with van der Waals surface area (Å²) in [5.74, 6) is -1.46. The van der Waals surface area contributed by atoms with Crippen LogP contribution in [-0.2, 0) is 42.2 Å². The van der Waals surface area contributed by atoms with Crippen molar-refractivity contribution in [3.05, 3.63) is 36.5 Å². The Morgan fingerprint density at radius 3 is 1.10 bits per heavy atom. The van der Waals surface area contributed by atoms with Gasteiger partial charge in [0, 0.05) is 19.3 Å². The maximum atomic E-state index is 12.9. The number of allylic oxidation sites excluding steroid dienone is 6. The van der Waals surface area contributed by atoms with Gasteiger partial charge >= 0.3 is 25.7 Å². The minimum atomic E-state index is -4.74. The van der Waals surface area contributed by atoms with E-state index in [2.05, 4.69) is 57.2 Å². The number of aliphatic hydroxyl groups excluding tert-OH is 1. The molecule has 12 heteroatoms. The molecule has 0 rings (SSSR count). The van der Waals surface area contributed by atoms with Crippen molar-refractivity contribution in [1.82, 2.24) is 0 Å². The Morgan fingerprint density at radius 2 is 0.708 bits per heavy atom. The first kappa shape index (κ1) is 69.7.